The smallest absolute Gasteiger partial charge is 0.120 e. The molecule has 1 aliphatic rings. The highest BCUT2D eigenvalue weighted by Gasteiger charge is 2.23. The van der Waals surface area contributed by atoms with Crippen LogP contribution < -0.4 is 0 Å². The van der Waals surface area contributed by atoms with Gasteiger partial charge in [0.2, 0.25) is 0 Å². The van der Waals surface area contributed by atoms with Crippen molar-refractivity contribution < 1.29 is 0 Å². The normalized spacial score (nSPS) is 17.5. The highest BCUT2D eigenvalue weighted by Crippen LogP contribution is 2.30. The summed E-state index contributed by atoms with van der Waals surface area (Å²) in [5.41, 5.74) is 2.85. The van der Waals surface area contributed by atoms with E-state index in [0.717, 1.165) is 24.6 Å². The molecule has 2 aromatic rings. The second kappa shape index (κ2) is 6.02. The van der Waals surface area contributed by atoms with Crippen LogP contribution in [0.25, 0.3) is 0 Å². The zero-order valence-corrected chi connectivity index (χ0v) is 13.0. The molecule has 0 atom stereocenters. The molecule has 3 rings (SSSR count). The van der Waals surface area contributed by atoms with Gasteiger partial charge in [0, 0.05) is 12.5 Å². The van der Waals surface area contributed by atoms with Crippen LogP contribution in [0.15, 0.2) is 24.3 Å². The van der Waals surface area contributed by atoms with Crippen LogP contribution in [-0.4, -0.2) is 28.2 Å². The number of hydrogen-bond acceptors (Lipinski definition) is 4. The van der Waals surface area contributed by atoms with Gasteiger partial charge in [0.05, 0.1) is 0 Å². The van der Waals surface area contributed by atoms with Crippen molar-refractivity contribution in [1.29, 1.82) is 0 Å². The molecule has 0 radical (unpaired) electrons. The third-order valence-corrected chi connectivity index (χ3v) is 5.13. The maximum atomic E-state index is 4.31. The van der Waals surface area contributed by atoms with Crippen molar-refractivity contribution in [3.05, 3.63) is 45.4 Å². The van der Waals surface area contributed by atoms with E-state index >= 15 is 0 Å². The Bertz CT molecular complexity index is 571. The summed E-state index contributed by atoms with van der Waals surface area (Å²) >= 11 is 1.76. The first-order chi connectivity index (χ1) is 9.72. The van der Waals surface area contributed by atoms with Crippen molar-refractivity contribution in [2.24, 2.45) is 0 Å². The van der Waals surface area contributed by atoms with Crippen molar-refractivity contribution in [2.45, 2.75) is 39.2 Å². The van der Waals surface area contributed by atoms with E-state index in [9.17, 15) is 0 Å². The average molecular weight is 287 g/mol. The minimum Gasteiger partial charge on any atom is -0.299 e. The number of nitrogens with zero attached hydrogens (tertiary/aromatic N) is 3. The molecule has 1 aromatic heterocycles. The number of aromatic nitrogens is 2. The monoisotopic (exact) mass is 287 g/mol. The van der Waals surface area contributed by atoms with Crippen molar-refractivity contribution in [3.8, 4) is 0 Å². The highest BCUT2D eigenvalue weighted by atomic mass is 32.1. The first kappa shape index (κ1) is 13.7. The number of hydrogen-bond donors (Lipinski definition) is 0. The van der Waals surface area contributed by atoms with E-state index in [4.69, 9.17) is 0 Å². The topological polar surface area (TPSA) is 29.0 Å². The molecule has 2 heterocycles. The number of piperidine rings is 1. The molecule has 0 spiro atoms. The van der Waals surface area contributed by atoms with Crippen molar-refractivity contribution in [1.82, 2.24) is 15.1 Å². The zero-order chi connectivity index (χ0) is 13.9. The molecule has 0 N–H and O–H groups in total. The van der Waals surface area contributed by atoms with Crippen LogP contribution in [0.3, 0.4) is 0 Å². The fourth-order valence-electron chi connectivity index (χ4n) is 2.84. The minimum absolute atomic E-state index is 0.620. The van der Waals surface area contributed by atoms with E-state index in [1.165, 1.54) is 29.0 Å². The van der Waals surface area contributed by atoms with Crippen LogP contribution in [-0.2, 0) is 6.54 Å². The quantitative estimate of drug-likeness (QED) is 0.864. The Morgan fingerprint density at radius 3 is 2.55 bits per heavy atom. The summed E-state index contributed by atoms with van der Waals surface area (Å²) < 4.78 is 0. The number of likely N-dealkylation sites (tertiary alicyclic amines) is 1. The summed E-state index contributed by atoms with van der Waals surface area (Å²) in [6, 6.07) is 8.70. The molecule has 1 aromatic carbocycles. The maximum absolute atomic E-state index is 4.31. The second-order valence-electron chi connectivity index (χ2n) is 5.64. The van der Waals surface area contributed by atoms with Gasteiger partial charge in [0.25, 0.3) is 0 Å². The van der Waals surface area contributed by atoms with Crippen LogP contribution >= 0.6 is 11.3 Å². The summed E-state index contributed by atoms with van der Waals surface area (Å²) in [6.45, 7) is 7.64. The first-order valence-electron chi connectivity index (χ1n) is 7.29. The Morgan fingerprint density at radius 2 is 1.90 bits per heavy atom. The summed E-state index contributed by atoms with van der Waals surface area (Å²) in [6.07, 6.45) is 2.42. The molecule has 0 bridgehead atoms. The lowest BCUT2D eigenvalue weighted by molar-refractivity contribution is 0.204. The van der Waals surface area contributed by atoms with E-state index in [0.29, 0.717) is 5.92 Å². The van der Waals surface area contributed by atoms with Gasteiger partial charge in [-0.2, -0.15) is 0 Å². The summed E-state index contributed by atoms with van der Waals surface area (Å²) in [4.78, 5) is 2.56. The largest absolute Gasteiger partial charge is 0.299 e. The van der Waals surface area contributed by atoms with Gasteiger partial charge in [-0.1, -0.05) is 24.3 Å². The van der Waals surface area contributed by atoms with E-state index in [2.05, 4.69) is 46.3 Å². The van der Waals surface area contributed by atoms with Gasteiger partial charge in [-0.05, 0) is 50.9 Å². The Morgan fingerprint density at radius 1 is 1.15 bits per heavy atom. The summed E-state index contributed by atoms with van der Waals surface area (Å²) in [7, 11) is 0. The second-order valence-corrected chi connectivity index (χ2v) is 6.85. The molecule has 3 nitrogen and oxygen atoms in total. The van der Waals surface area contributed by atoms with Crippen LogP contribution in [0.2, 0.25) is 0 Å². The van der Waals surface area contributed by atoms with Crippen LogP contribution in [0.5, 0.6) is 0 Å². The van der Waals surface area contributed by atoms with E-state index in [1.807, 2.05) is 6.92 Å². The predicted molar refractivity (Wildman–Crippen MR) is 83.1 cm³/mol. The molecule has 0 aliphatic carbocycles. The Hall–Kier alpha value is -1.26. The fourth-order valence-corrected chi connectivity index (χ4v) is 3.71. The third-order valence-electron chi connectivity index (χ3n) is 4.13. The lowest BCUT2D eigenvalue weighted by Crippen LogP contribution is -2.32. The van der Waals surface area contributed by atoms with Gasteiger partial charge in [0.15, 0.2) is 0 Å². The van der Waals surface area contributed by atoms with Crippen molar-refractivity contribution in [2.75, 3.05) is 13.1 Å². The molecule has 1 saturated heterocycles. The van der Waals surface area contributed by atoms with E-state index in [-0.39, 0.29) is 0 Å². The lowest BCUT2D eigenvalue weighted by Gasteiger charge is -2.31. The number of rotatable bonds is 3. The van der Waals surface area contributed by atoms with Gasteiger partial charge < -0.3 is 0 Å². The van der Waals surface area contributed by atoms with Gasteiger partial charge in [-0.3, -0.25) is 4.90 Å². The molecule has 0 unspecified atom stereocenters. The SMILES string of the molecule is Cc1nnc(C2CCN(Cc3ccccc3C)CC2)s1. The van der Waals surface area contributed by atoms with Crippen LogP contribution in [0.1, 0.15) is 39.9 Å². The predicted octanol–water partition coefficient (Wildman–Crippen LogP) is 3.53. The van der Waals surface area contributed by atoms with Gasteiger partial charge in [-0.25, -0.2) is 0 Å². The van der Waals surface area contributed by atoms with Crippen molar-refractivity contribution >= 4 is 11.3 Å². The van der Waals surface area contributed by atoms with Gasteiger partial charge in [0.1, 0.15) is 10.0 Å². The van der Waals surface area contributed by atoms with Gasteiger partial charge >= 0.3 is 0 Å². The maximum Gasteiger partial charge on any atom is 0.120 e. The van der Waals surface area contributed by atoms with Crippen LogP contribution in [0, 0.1) is 13.8 Å². The van der Waals surface area contributed by atoms with E-state index < -0.39 is 0 Å². The lowest BCUT2D eigenvalue weighted by atomic mass is 9.97. The van der Waals surface area contributed by atoms with Crippen molar-refractivity contribution in [3.63, 3.8) is 0 Å². The Labute approximate surface area is 124 Å². The average Bonchev–Trinajstić information content (AvgIpc) is 2.89. The van der Waals surface area contributed by atoms with Crippen LogP contribution in [0.4, 0.5) is 0 Å². The third kappa shape index (κ3) is 3.07. The standard InChI is InChI=1S/C16H21N3S/c1-12-5-3-4-6-15(12)11-19-9-7-14(8-10-19)16-18-17-13(2)20-16/h3-6,14H,7-11H2,1-2H3. The molecule has 0 amide bonds. The van der Waals surface area contributed by atoms with Gasteiger partial charge in [-0.15, -0.1) is 21.5 Å². The molecular formula is C16H21N3S. The zero-order valence-electron chi connectivity index (χ0n) is 12.2. The first-order valence-corrected chi connectivity index (χ1v) is 8.11. The molecule has 20 heavy (non-hydrogen) atoms. The number of benzene rings is 1. The summed E-state index contributed by atoms with van der Waals surface area (Å²) in [5.74, 6) is 0.620. The number of aryl methyl sites for hydroxylation is 2. The minimum atomic E-state index is 0.620. The van der Waals surface area contributed by atoms with E-state index in [1.54, 1.807) is 11.3 Å². The molecule has 0 saturated carbocycles. The Kier molecular flexibility index (Phi) is 4.13. The molecule has 1 aliphatic heterocycles. The highest BCUT2D eigenvalue weighted by molar-refractivity contribution is 7.11. The molecular weight excluding hydrogens is 266 g/mol. The Balaban J connectivity index is 1.58. The molecule has 1 fully saturated rings. The summed E-state index contributed by atoms with van der Waals surface area (Å²) in [5, 5.41) is 10.8. The molecule has 4 heteroatoms. The fraction of sp³-hybridized carbons (Fsp3) is 0.500. The molecule has 106 valence electrons.